The number of amides is 2. The lowest BCUT2D eigenvalue weighted by atomic mass is 10.1. The van der Waals surface area contributed by atoms with Crippen LogP contribution in [0.1, 0.15) is 17.0 Å². The van der Waals surface area contributed by atoms with Crippen LogP contribution in [0, 0.1) is 17.4 Å². The number of thiocarbonyl (C=S) groups is 1. The first-order valence-corrected chi connectivity index (χ1v) is 9.47. The molecule has 134 valence electrons. The molecular weight excluding hydrogens is 461 g/mol. The molecule has 0 bridgehead atoms. The number of hydrogen-bond acceptors (Lipinski definition) is 3. The Balaban J connectivity index is 2.08. The van der Waals surface area contributed by atoms with E-state index < -0.39 is 0 Å². The molecule has 1 aliphatic heterocycles. The lowest BCUT2D eigenvalue weighted by Crippen LogP contribution is -2.52. The molecular formula is C19H18IN3O2S. The summed E-state index contributed by atoms with van der Waals surface area (Å²) in [6, 6.07) is 10.2. The SMILES string of the molecule is Cc1cc(C=C2C(=O)N(C)C(=S)N(C)C2=O)c(C)n1-c1ccc(I)cc1. The van der Waals surface area contributed by atoms with Crippen molar-refractivity contribution in [3.63, 3.8) is 0 Å². The molecule has 2 heterocycles. The van der Waals surface area contributed by atoms with Crippen molar-refractivity contribution in [2.45, 2.75) is 13.8 Å². The summed E-state index contributed by atoms with van der Waals surface area (Å²) in [5, 5.41) is 0.210. The van der Waals surface area contributed by atoms with E-state index in [0.29, 0.717) is 0 Å². The number of halogens is 1. The Kier molecular flexibility index (Phi) is 5.03. The largest absolute Gasteiger partial charge is 0.318 e. The smallest absolute Gasteiger partial charge is 0.265 e. The topological polar surface area (TPSA) is 45.6 Å². The van der Waals surface area contributed by atoms with Crippen LogP contribution in [-0.2, 0) is 9.59 Å². The second-order valence-electron chi connectivity index (χ2n) is 6.21. The van der Waals surface area contributed by atoms with Crippen LogP contribution in [0.3, 0.4) is 0 Å². The molecule has 0 aliphatic carbocycles. The predicted octanol–water partition coefficient (Wildman–Crippen LogP) is 3.30. The van der Waals surface area contributed by atoms with E-state index in [1.54, 1.807) is 20.2 Å². The van der Waals surface area contributed by atoms with Gasteiger partial charge in [-0.25, -0.2) is 0 Å². The van der Waals surface area contributed by atoms with Gasteiger partial charge in [0.2, 0.25) is 0 Å². The highest BCUT2D eigenvalue weighted by Gasteiger charge is 2.35. The number of benzene rings is 1. The Hall–Kier alpha value is -2.00. The van der Waals surface area contributed by atoms with Gasteiger partial charge in [0.15, 0.2) is 5.11 Å². The van der Waals surface area contributed by atoms with Crippen LogP contribution in [0.2, 0.25) is 0 Å². The van der Waals surface area contributed by atoms with E-state index in [4.69, 9.17) is 12.2 Å². The van der Waals surface area contributed by atoms with Gasteiger partial charge in [-0.2, -0.15) is 0 Å². The number of hydrogen-bond donors (Lipinski definition) is 0. The van der Waals surface area contributed by atoms with E-state index in [-0.39, 0.29) is 22.5 Å². The number of aryl methyl sites for hydroxylation is 1. The minimum Gasteiger partial charge on any atom is -0.318 e. The Morgan fingerprint density at radius 2 is 1.54 bits per heavy atom. The normalized spacial score (nSPS) is 15.1. The Labute approximate surface area is 171 Å². The van der Waals surface area contributed by atoms with Gasteiger partial charge in [0.1, 0.15) is 5.57 Å². The average molecular weight is 479 g/mol. The van der Waals surface area contributed by atoms with Gasteiger partial charge < -0.3 is 4.57 Å². The maximum absolute atomic E-state index is 12.5. The summed E-state index contributed by atoms with van der Waals surface area (Å²) in [5.41, 5.74) is 4.00. The van der Waals surface area contributed by atoms with Crippen LogP contribution in [0.5, 0.6) is 0 Å². The van der Waals surface area contributed by atoms with Crippen LogP contribution in [0.4, 0.5) is 0 Å². The van der Waals surface area contributed by atoms with Crippen LogP contribution in [-0.4, -0.2) is 45.4 Å². The molecule has 5 nitrogen and oxygen atoms in total. The molecule has 1 aromatic carbocycles. The second kappa shape index (κ2) is 6.96. The minimum absolute atomic E-state index is 0.117. The predicted molar refractivity (Wildman–Crippen MR) is 114 cm³/mol. The summed E-state index contributed by atoms with van der Waals surface area (Å²) < 4.78 is 3.27. The Bertz CT molecular complexity index is 934. The third kappa shape index (κ3) is 3.09. The van der Waals surface area contributed by atoms with Crippen molar-refractivity contribution in [1.29, 1.82) is 0 Å². The van der Waals surface area contributed by atoms with Crippen molar-refractivity contribution in [1.82, 2.24) is 14.4 Å². The van der Waals surface area contributed by atoms with E-state index in [1.165, 1.54) is 9.80 Å². The molecule has 2 amide bonds. The quantitative estimate of drug-likeness (QED) is 0.288. The lowest BCUT2D eigenvalue weighted by Gasteiger charge is -2.31. The third-order valence-electron chi connectivity index (χ3n) is 4.50. The average Bonchev–Trinajstić information content (AvgIpc) is 2.90. The van der Waals surface area contributed by atoms with E-state index >= 15 is 0 Å². The van der Waals surface area contributed by atoms with Crippen molar-refractivity contribution >= 4 is 57.8 Å². The molecule has 1 aliphatic rings. The van der Waals surface area contributed by atoms with Gasteiger partial charge in [0.25, 0.3) is 11.8 Å². The standard InChI is InChI=1S/C19H18IN3O2S/c1-11-9-13(12(2)23(11)15-7-5-14(20)6-8-15)10-16-17(24)21(3)19(26)22(4)18(16)25/h5-10H,1-4H3. The highest BCUT2D eigenvalue weighted by Crippen LogP contribution is 2.25. The van der Waals surface area contributed by atoms with Gasteiger partial charge in [0, 0.05) is 34.7 Å². The summed E-state index contributed by atoms with van der Waals surface area (Å²) in [6.07, 6.45) is 1.66. The Morgan fingerprint density at radius 1 is 1.00 bits per heavy atom. The van der Waals surface area contributed by atoms with Crippen LogP contribution >= 0.6 is 34.8 Å². The van der Waals surface area contributed by atoms with E-state index in [9.17, 15) is 9.59 Å². The fraction of sp³-hybridized carbons (Fsp3) is 0.211. The summed E-state index contributed by atoms with van der Waals surface area (Å²) >= 11 is 7.40. The van der Waals surface area contributed by atoms with E-state index in [1.807, 2.05) is 32.0 Å². The highest BCUT2D eigenvalue weighted by atomic mass is 127. The van der Waals surface area contributed by atoms with Gasteiger partial charge in [0.05, 0.1) is 0 Å². The molecule has 7 heteroatoms. The van der Waals surface area contributed by atoms with Crippen molar-refractivity contribution in [2.75, 3.05) is 14.1 Å². The van der Waals surface area contributed by atoms with E-state index in [2.05, 4.69) is 39.3 Å². The number of rotatable bonds is 2. The molecule has 0 unspecified atom stereocenters. The van der Waals surface area contributed by atoms with E-state index in [0.717, 1.165) is 26.2 Å². The summed E-state index contributed by atoms with van der Waals surface area (Å²) in [4.78, 5) is 27.7. The molecule has 0 radical (unpaired) electrons. The second-order valence-corrected chi connectivity index (χ2v) is 7.82. The number of nitrogens with zero attached hydrogens (tertiary/aromatic N) is 3. The number of carbonyl (C=O) groups is 2. The van der Waals surface area contributed by atoms with Crippen molar-refractivity contribution in [3.8, 4) is 5.69 Å². The van der Waals surface area contributed by atoms with Crippen LogP contribution in [0.15, 0.2) is 35.9 Å². The zero-order valence-electron chi connectivity index (χ0n) is 14.9. The molecule has 1 saturated heterocycles. The van der Waals surface area contributed by atoms with Crippen molar-refractivity contribution in [3.05, 3.63) is 56.4 Å². The number of carbonyl (C=O) groups excluding carboxylic acids is 2. The first kappa shape index (κ1) is 18.8. The third-order valence-corrected chi connectivity index (χ3v) is 5.77. The maximum Gasteiger partial charge on any atom is 0.265 e. The lowest BCUT2D eigenvalue weighted by molar-refractivity contribution is -0.132. The fourth-order valence-electron chi connectivity index (χ4n) is 3.05. The van der Waals surface area contributed by atoms with Gasteiger partial charge in [-0.1, -0.05) is 0 Å². The number of likely N-dealkylation sites (N-methyl/N-ethyl adjacent to an activating group) is 2. The molecule has 1 fully saturated rings. The van der Waals surface area contributed by atoms with Crippen LogP contribution in [0.25, 0.3) is 11.8 Å². The summed E-state index contributed by atoms with van der Waals surface area (Å²) in [6.45, 7) is 3.98. The zero-order valence-corrected chi connectivity index (χ0v) is 17.9. The summed E-state index contributed by atoms with van der Waals surface area (Å²) in [5.74, 6) is -0.755. The van der Waals surface area contributed by atoms with Gasteiger partial charge in [-0.05, 0) is 90.6 Å². The molecule has 0 atom stereocenters. The monoisotopic (exact) mass is 479 g/mol. The molecule has 0 spiro atoms. The Morgan fingerprint density at radius 3 is 2.08 bits per heavy atom. The van der Waals surface area contributed by atoms with Gasteiger partial charge in [-0.3, -0.25) is 19.4 Å². The molecule has 2 aromatic rings. The first-order valence-electron chi connectivity index (χ1n) is 7.99. The summed E-state index contributed by atoms with van der Waals surface area (Å²) in [7, 11) is 3.16. The van der Waals surface area contributed by atoms with Gasteiger partial charge >= 0.3 is 0 Å². The van der Waals surface area contributed by atoms with Crippen LogP contribution < -0.4 is 0 Å². The molecule has 0 saturated carbocycles. The fourth-order valence-corrected chi connectivity index (χ4v) is 3.58. The highest BCUT2D eigenvalue weighted by molar-refractivity contribution is 14.1. The van der Waals surface area contributed by atoms with Gasteiger partial charge in [-0.15, -0.1) is 0 Å². The molecule has 3 rings (SSSR count). The van der Waals surface area contributed by atoms with Crippen molar-refractivity contribution in [2.24, 2.45) is 0 Å². The molecule has 26 heavy (non-hydrogen) atoms. The first-order chi connectivity index (χ1) is 12.2. The zero-order chi connectivity index (χ0) is 19.2. The molecule has 1 aromatic heterocycles. The van der Waals surface area contributed by atoms with Crippen molar-refractivity contribution < 1.29 is 9.59 Å². The maximum atomic E-state index is 12.5. The minimum atomic E-state index is -0.378. The number of aromatic nitrogens is 1. The molecule has 0 N–H and O–H groups in total.